The molecular weight excluding hydrogens is 246 g/mol. The molecule has 1 fully saturated rings. The van der Waals surface area contributed by atoms with E-state index in [-0.39, 0.29) is 5.60 Å². The average Bonchev–Trinajstić information content (AvgIpc) is 2.48. The van der Waals surface area contributed by atoms with E-state index in [4.69, 9.17) is 4.74 Å². The van der Waals surface area contributed by atoms with Crippen molar-refractivity contribution < 1.29 is 4.74 Å². The molecule has 0 heterocycles. The molecule has 20 heavy (non-hydrogen) atoms. The van der Waals surface area contributed by atoms with Gasteiger partial charge < -0.3 is 10.1 Å². The highest BCUT2D eigenvalue weighted by Gasteiger charge is 2.40. The van der Waals surface area contributed by atoms with E-state index in [2.05, 4.69) is 26.2 Å². The SMILES string of the molecule is CCCCCCCCC(NC)C1(OC)CCC(C)CC1. The molecule has 2 nitrogen and oxygen atoms in total. The average molecular weight is 284 g/mol. The van der Waals surface area contributed by atoms with Crippen LogP contribution >= 0.6 is 0 Å². The molecule has 0 aromatic rings. The van der Waals surface area contributed by atoms with Crippen LogP contribution in [0.1, 0.15) is 84.5 Å². The van der Waals surface area contributed by atoms with Crippen LogP contribution in [-0.4, -0.2) is 25.8 Å². The van der Waals surface area contributed by atoms with E-state index < -0.39 is 0 Å². The van der Waals surface area contributed by atoms with Gasteiger partial charge in [0.1, 0.15) is 0 Å². The van der Waals surface area contributed by atoms with Crippen molar-refractivity contribution in [2.45, 2.75) is 96.1 Å². The summed E-state index contributed by atoms with van der Waals surface area (Å²) in [7, 11) is 4.03. The number of rotatable bonds is 10. The normalized spacial score (nSPS) is 28.5. The third kappa shape index (κ3) is 5.37. The number of hydrogen-bond acceptors (Lipinski definition) is 2. The fraction of sp³-hybridized carbons (Fsp3) is 1.00. The lowest BCUT2D eigenvalue weighted by atomic mass is 9.74. The van der Waals surface area contributed by atoms with Crippen LogP contribution < -0.4 is 5.32 Å². The van der Waals surface area contributed by atoms with Crippen molar-refractivity contribution in [3.05, 3.63) is 0 Å². The molecule has 0 amide bonds. The fourth-order valence-corrected chi connectivity index (χ4v) is 3.74. The predicted octanol–water partition coefficient (Wildman–Crippen LogP) is 4.92. The van der Waals surface area contributed by atoms with E-state index >= 15 is 0 Å². The lowest BCUT2D eigenvalue weighted by molar-refractivity contribution is -0.0753. The number of hydrogen-bond donors (Lipinski definition) is 1. The third-order valence-electron chi connectivity index (χ3n) is 5.36. The van der Waals surface area contributed by atoms with Gasteiger partial charge in [-0.05, 0) is 45.1 Å². The van der Waals surface area contributed by atoms with Crippen molar-refractivity contribution >= 4 is 0 Å². The maximum absolute atomic E-state index is 6.01. The van der Waals surface area contributed by atoms with E-state index in [1.54, 1.807) is 0 Å². The van der Waals surface area contributed by atoms with Crippen molar-refractivity contribution in [1.82, 2.24) is 5.32 Å². The monoisotopic (exact) mass is 283 g/mol. The van der Waals surface area contributed by atoms with Crippen LogP contribution in [0.2, 0.25) is 0 Å². The highest BCUT2D eigenvalue weighted by Crippen LogP contribution is 2.38. The molecule has 0 aromatic carbocycles. The number of nitrogens with one attached hydrogen (secondary N) is 1. The van der Waals surface area contributed by atoms with Gasteiger partial charge in [-0.15, -0.1) is 0 Å². The Labute approximate surface area is 127 Å². The van der Waals surface area contributed by atoms with Crippen LogP contribution in [0.5, 0.6) is 0 Å². The zero-order chi connectivity index (χ0) is 14.8. The Morgan fingerprint density at radius 3 is 2.25 bits per heavy atom. The summed E-state index contributed by atoms with van der Waals surface area (Å²) in [6.07, 6.45) is 14.6. The summed E-state index contributed by atoms with van der Waals surface area (Å²) in [6.45, 7) is 4.66. The molecule has 1 rings (SSSR count). The summed E-state index contributed by atoms with van der Waals surface area (Å²) in [6, 6.07) is 0.533. The topological polar surface area (TPSA) is 21.3 Å². The molecule has 120 valence electrons. The minimum absolute atomic E-state index is 0.102. The molecule has 0 aliphatic heterocycles. The van der Waals surface area contributed by atoms with Gasteiger partial charge in [0, 0.05) is 13.2 Å². The van der Waals surface area contributed by atoms with Gasteiger partial charge in [0.25, 0.3) is 0 Å². The van der Waals surface area contributed by atoms with Crippen LogP contribution in [0.3, 0.4) is 0 Å². The number of unbranched alkanes of at least 4 members (excludes halogenated alkanes) is 5. The lowest BCUT2D eigenvalue weighted by Crippen LogP contribution is -2.52. The van der Waals surface area contributed by atoms with Gasteiger partial charge in [0.2, 0.25) is 0 Å². The Balaban J connectivity index is 2.35. The van der Waals surface area contributed by atoms with Crippen molar-refractivity contribution in [1.29, 1.82) is 0 Å². The highest BCUT2D eigenvalue weighted by atomic mass is 16.5. The second-order valence-electron chi connectivity index (χ2n) is 6.85. The van der Waals surface area contributed by atoms with E-state index in [0.29, 0.717) is 6.04 Å². The molecule has 0 bridgehead atoms. The molecule has 1 saturated carbocycles. The fourth-order valence-electron chi connectivity index (χ4n) is 3.74. The van der Waals surface area contributed by atoms with E-state index in [1.165, 1.54) is 70.6 Å². The van der Waals surface area contributed by atoms with Crippen molar-refractivity contribution in [2.75, 3.05) is 14.2 Å². The first-order valence-corrected chi connectivity index (χ1v) is 8.91. The summed E-state index contributed by atoms with van der Waals surface area (Å²) in [5.74, 6) is 0.879. The predicted molar refractivity (Wildman–Crippen MR) is 88.2 cm³/mol. The summed E-state index contributed by atoms with van der Waals surface area (Å²) in [5.41, 5.74) is 0.102. The second kappa shape index (κ2) is 9.78. The van der Waals surface area contributed by atoms with Gasteiger partial charge in [-0.3, -0.25) is 0 Å². The largest absolute Gasteiger partial charge is 0.377 e. The van der Waals surface area contributed by atoms with Crippen LogP contribution in [0.4, 0.5) is 0 Å². The molecule has 1 atom stereocenters. The first-order valence-electron chi connectivity index (χ1n) is 8.91. The van der Waals surface area contributed by atoms with Crippen LogP contribution in [0.25, 0.3) is 0 Å². The number of ether oxygens (including phenoxy) is 1. The first-order chi connectivity index (χ1) is 9.68. The molecule has 0 aromatic heterocycles. The molecule has 0 radical (unpaired) electrons. The summed E-state index contributed by atoms with van der Waals surface area (Å²) >= 11 is 0. The molecule has 1 unspecified atom stereocenters. The molecule has 0 spiro atoms. The molecule has 0 saturated heterocycles. The molecule has 2 heteroatoms. The van der Waals surface area contributed by atoms with Gasteiger partial charge >= 0.3 is 0 Å². The Morgan fingerprint density at radius 1 is 1.10 bits per heavy atom. The maximum Gasteiger partial charge on any atom is 0.0831 e. The van der Waals surface area contributed by atoms with Gasteiger partial charge in [0.15, 0.2) is 0 Å². The number of methoxy groups -OCH3 is 1. The van der Waals surface area contributed by atoms with Gasteiger partial charge in [0.05, 0.1) is 5.60 Å². The summed E-state index contributed by atoms with van der Waals surface area (Å²) < 4.78 is 6.01. The minimum Gasteiger partial charge on any atom is -0.377 e. The third-order valence-corrected chi connectivity index (χ3v) is 5.36. The minimum atomic E-state index is 0.102. The second-order valence-corrected chi connectivity index (χ2v) is 6.85. The lowest BCUT2D eigenvalue weighted by Gasteiger charge is -2.44. The Bertz CT molecular complexity index is 234. The maximum atomic E-state index is 6.01. The smallest absolute Gasteiger partial charge is 0.0831 e. The van der Waals surface area contributed by atoms with Crippen molar-refractivity contribution in [3.63, 3.8) is 0 Å². The van der Waals surface area contributed by atoms with Gasteiger partial charge in [-0.2, -0.15) is 0 Å². The van der Waals surface area contributed by atoms with Gasteiger partial charge in [-0.1, -0.05) is 52.4 Å². The van der Waals surface area contributed by atoms with Crippen LogP contribution in [0.15, 0.2) is 0 Å². The van der Waals surface area contributed by atoms with E-state index in [9.17, 15) is 0 Å². The Kier molecular flexibility index (Phi) is 8.79. The highest BCUT2D eigenvalue weighted by molar-refractivity contribution is 4.95. The van der Waals surface area contributed by atoms with E-state index in [0.717, 1.165) is 5.92 Å². The van der Waals surface area contributed by atoms with Crippen LogP contribution in [-0.2, 0) is 4.74 Å². The first kappa shape index (κ1) is 18.0. The summed E-state index contributed by atoms with van der Waals surface area (Å²) in [4.78, 5) is 0. The molecular formula is C18H37NO. The molecule has 1 N–H and O–H groups in total. The van der Waals surface area contributed by atoms with E-state index in [1.807, 2.05) is 7.11 Å². The van der Waals surface area contributed by atoms with Crippen molar-refractivity contribution in [2.24, 2.45) is 5.92 Å². The number of likely N-dealkylation sites (N-methyl/N-ethyl adjacent to an activating group) is 1. The quantitative estimate of drug-likeness (QED) is 0.575. The van der Waals surface area contributed by atoms with Crippen molar-refractivity contribution in [3.8, 4) is 0 Å². The Hall–Kier alpha value is -0.0800. The molecule has 1 aliphatic rings. The zero-order valence-electron chi connectivity index (χ0n) is 14.3. The standard InChI is InChI=1S/C18H37NO/c1-5-6-7-8-9-10-11-17(19-3)18(20-4)14-12-16(2)13-15-18/h16-17,19H,5-15H2,1-4H3. The zero-order valence-corrected chi connectivity index (χ0v) is 14.3. The van der Waals surface area contributed by atoms with Gasteiger partial charge in [-0.25, -0.2) is 0 Å². The van der Waals surface area contributed by atoms with Crippen LogP contribution in [0, 0.1) is 5.92 Å². The Morgan fingerprint density at radius 2 is 1.70 bits per heavy atom. The summed E-state index contributed by atoms with van der Waals surface area (Å²) in [5, 5.41) is 3.56. The molecule has 1 aliphatic carbocycles.